The highest BCUT2D eigenvalue weighted by Crippen LogP contribution is 2.27. The van der Waals surface area contributed by atoms with Crippen LogP contribution in [0.2, 0.25) is 0 Å². The van der Waals surface area contributed by atoms with Gasteiger partial charge in [0.05, 0.1) is 18.4 Å². The van der Waals surface area contributed by atoms with Gasteiger partial charge in [0.1, 0.15) is 0 Å². The molecule has 1 aromatic carbocycles. The molecule has 5 heteroatoms. The first-order chi connectivity index (χ1) is 11.6. The number of piperazine rings is 1. The summed E-state index contributed by atoms with van der Waals surface area (Å²) in [4.78, 5) is 28.6. The lowest BCUT2D eigenvalue weighted by atomic mass is 10.0. The lowest BCUT2D eigenvalue weighted by Crippen LogP contribution is -2.52. The van der Waals surface area contributed by atoms with Gasteiger partial charge in [-0.15, -0.1) is 0 Å². The quantitative estimate of drug-likeness (QED) is 0.910. The van der Waals surface area contributed by atoms with E-state index in [1.165, 1.54) is 0 Å². The number of carbonyl (C=O) groups excluding carboxylic acids is 2. The Balaban J connectivity index is 1.52. The fourth-order valence-corrected chi connectivity index (χ4v) is 3.72. The second kappa shape index (κ2) is 7.34. The fraction of sp³-hybridized carbons (Fsp3) is 0.579. The largest absolute Gasteiger partial charge is 0.392 e. The zero-order chi connectivity index (χ0) is 17.1. The Morgan fingerprint density at radius 3 is 2.38 bits per heavy atom. The van der Waals surface area contributed by atoms with Crippen LogP contribution in [0.15, 0.2) is 24.3 Å². The van der Waals surface area contributed by atoms with E-state index < -0.39 is 6.10 Å². The Hall–Kier alpha value is -1.88. The van der Waals surface area contributed by atoms with Crippen molar-refractivity contribution in [3.63, 3.8) is 0 Å². The topological polar surface area (TPSA) is 60.9 Å². The predicted octanol–water partition coefficient (Wildman–Crippen LogP) is 1.37. The lowest BCUT2D eigenvalue weighted by molar-refractivity contribution is -0.143. The van der Waals surface area contributed by atoms with Crippen LogP contribution in [-0.4, -0.2) is 59.0 Å². The van der Waals surface area contributed by atoms with Gasteiger partial charge in [-0.1, -0.05) is 24.3 Å². The van der Waals surface area contributed by atoms with E-state index in [9.17, 15) is 14.7 Å². The third-order valence-electron chi connectivity index (χ3n) is 5.34. The van der Waals surface area contributed by atoms with Crippen molar-refractivity contribution < 1.29 is 14.7 Å². The number of amides is 2. The van der Waals surface area contributed by atoms with Crippen LogP contribution in [0, 0.1) is 12.8 Å². The molecule has 5 nitrogen and oxygen atoms in total. The molecule has 3 rings (SSSR count). The molecule has 2 unspecified atom stereocenters. The minimum absolute atomic E-state index is 0.0611. The maximum atomic E-state index is 12.5. The van der Waals surface area contributed by atoms with E-state index >= 15 is 0 Å². The highest BCUT2D eigenvalue weighted by molar-refractivity contribution is 5.81. The molecule has 1 N–H and O–H groups in total. The second-order valence-corrected chi connectivity index (χ2v) is 6.91. The molecular formula is C19H26N2O3. The van der Waals surface area contributed by atoms with Crippen molar-refractivity contribution in [1.82, 2.24) is 9.80 Å². The van der Waals surface area contributed by atoms with Gasteiger partial charge in [0.15, 0.2) is 0 Å². The molecular weight excluding hydrogens is 304 g/mol. The van der Waals surface area contributed by atoms with E-state index in [-0.39, 0.29) is 17.7 Å². The van der Waals surface area contributed by atoms with Crippen LogP contribution in [0.3, 0.4) is 0 Å². The lowest BCUT2D eigenvalue weighted by Gasteiger charge is -2.36. The summed E-state index contributed by atoms with van der Waals surface area (Å²) in [5, 5.41) is 9.91. The molecule has 1 aliphatic heterocycles. The molecule has 0 bridgehead atoms. The fourth-order valence-electron chi connectivity index (χ4n) is 3.72. The number of benzene rings is 1. The summed E-state index contributed by atoms with van der Waals surface area (Å²) in [7, 11) is 0. The van der Waals surface area contributed by atoms with Crippen molar-refractivity contribution >= 4 is 11.8 Å². The summed E-state index contributed by atoms with van der Waals surface area (Å²) < 4.78 is 0. The van der Waals surface area contributed by atoms with Crippen LogP contribution in [0.5, 0.6) is 0 Å². The standard InChI is InChI=1S/C19H26N2O3/c1-14-5-2-3-6-15(14)13-18(23)20-9-11-21(12-10-20)19(24)16-7-4-8-17(16)22/h2-3,5-6,16-17,22H,4,7-13H2,1H3. The van der Waals surface area contributed by atoms with Gasteiger partial charge in [-0.25, -0.2) is 0 Å². The van der Waals surface area contributed by atoms with Crippen molar-refractivity contribution in [1.29, 1.82) is 0 Å². The number of nitrogens with zero attached hydrogens (tertiary/aromatic N) is 2. The average molecular weight is 330 g/mol. The Morgan fingerprint density at radius 2 is 1.75 bits per heavy atom. The molecule has 1 heterocycles. The number of aliphatic hydroxyl groups is 1. The van der Waals surface area contributed by atoms with Gasteiger partial charge in [-0.05, 0) is 37.3 Å². The van der Waals surface area contributed by atoms with E-state index in [2.05, 4.69) is 0 Å². The zero-order valence-corrected chi connectivity index (χ0v) is 14.3. The molecule has 1 aromatic rings. The molecule has 2 amide bonds. The summed E-state index contributed by atoms with van der Waals surface area (Å²) in [6.07, 6.45) is 2.37. The van der Waals surface area contributed by atoms with Gasteiger partial charge in [0.2, 0.25) is 11.8 Å². The van der Waals surface area contributed by atoms with Crippen LogP contribution in [0.25, 0.3) is 0 Å². The molecule has 1 aliphatic carbocycles. The molecule has 1 saturated heterocycles. The van der Waals surface area contributed by atoms with Crippen molar-refractivity contribution in [3.05, 3.63) is 35.4 Å². The van der Waals surface area contributed by atoms with E-state index in [4.69, 9.17) is 0 Å². The minimum Gasteiger partial charge on any atom is -0.392 e. The molecule has 130 valence electrons. The Bertz CT molecular complexity index is 608. The Kier molecular flexibility index (Phi) is 5.19. The number of carbonyl (C=O) groups is 2. The predicted molar refractivity (Wildman–Crippen MR) is 91.4 cm³/mol. The van der Waals surface area contributed by atoms with Gasteiger partial charge in [0, 0.05) is 26.2 Å². The maximum Gasteiger partial charge on any atom is 0.228 e. The van der Waals surface area contributed by atoms with Crippen molar-refractivity contribution in [2.75, 3.05) is 26.2 Å². The molecule has 24 heavy (non-hydrogen) atoms. The number of rotatable bonds is 3. The third kappa shape index (κ3) is 3.61. The molecule has 0 aromatic heterocycles. The van der Waals surface area contributed by atoms with Crippen molar-refractivity contribution in [2.24, 2.45) is 5.92 Å². The van der Waals surface area contributed by atoms with E-state index in [1.807, 2.05) is 41.0 Å². The molecule has 2 aliphatic rings. The highest BCUT2D eigenvalue weighted by atomic mass is 16.3. The second-order valence-electron chi connectivity index (χ2n) is 6.91. The van der Waals surface area contributed by atoms with Crippen LogP contribution in [0.4, 0.5) is 0 Å². The number of hydrogen-bond donors (Lipinski definition) is 1. The van der Waals surface area contributed by atoms with Gasteiger partial charge < -0.3 is 14.9 Å². The Morgan fingerprint density at radius 1 is 1.08 bits per heavy atom. The summed E-state index contributed by atoms with van der Waals surface area (Å²) in [6.45, 7) is 4.33. The minimum atomic E-state index is -0.488. The van der Waals surface area contributed by atoms with Crippen LogP contribution in [-0.2, 0) is 16.0 Å². The van der Waals surface area contributed by atoms with E-state index in [0.717, 1.165) is 30.4 Å². The molecule has 1 saturated carbocycles. The molecule has 2 atom stereocenters. The zero-order valence-electron chi connectivity index (χ0n) is 14.3. The number of hydrogen-bond acceptors (Lipinski definition) is 3. The summed E-state index contributed by atoms with van der Waals surface area (Å²) in [5.74, 6) is -0.0532. The van der Waals surface area contributed by atoms with E-state index in [1.54, 1.807) is 0 Å². The van der Waals surface area contributed by atoms with Crippen LogP contribution in [0.1, 0.15) is 30.4 Å². The average Bonchev–Trinajstić information content (AvgIpc) is 3.02. The van der Waals surface area contributed by atoms with Gasteiger partial charge in [-0.3, -0.25) is 9.59 Å². The summed E-state index contributed by atoms with van der Waals surface area (Å²) in [6, 6.07) is 7.95. The summed E-state index contributed by atoms with van der Waals surface area (Å²) in [5.41, 5.74) is 2.20. The summed E-state index contributed by atoms with van der Waals surface area (Å²) >= 11 is 0. The van der Waals surface area contributed by atoms with Crippen LogP contribution >= 0.6 is 0 Å². The van der Waals surface area contributed by atoms with Gasteiger partial charge in [-0.2, -0.15) is 0 Å². The van der Waals surface area contributed by atoms with E-state index in [0.29, 0.717) is 32.6 Å². The smallest absolute Gasteiger partial charge is 0.228 e. The number of aryl methyl sites for hydroxylation is 1. The van der Waals surface area contributed by atoms with Gasteiger partial charge in [0.25, 0.3) is 0 Å². The van der Waals surface area contributed by atoms with Crippen LogP contribution < -0.4 is 0 Å². The molecule has 2 fully saturated rings. The first kappa shape index (κ1) is 17.0. The first-order valence-electron chi connectivity index (χ1n) is 8.85. The molecule has 0 spiro atoms. The van der Waals surface area contributed by atoms with Crippen molar-refractivity contribution in [3.8, 4) is 0 Å². The van der Waals surface area contributed by atoms with Crippen molar-refractivity contribution in [2.45, 2.75) is 38.7 Å². The Labute approximate surface area is 143 Å². The SMILES string of the molecule is Cc1ccccc1CC(=O)N1CCN(C(=O)C2CCCC2O)CC1. The third-order valence-corrected chi connectivity index (χ3v) is 5.34. The first-order valence-corrected chi connectivity index (χ1v) is 8.85. The molecule has 0 radical (unpaired) electrons. The monoisotopic (exact) mass is 330 g/mol. The normalized spacial score (nSPS) is 24.2. The number of aliphatic hydroxyl groups excluding tert-OH is 1. The van der Waals surface area contributed by atoms with Gasteiger partial charge >= 0.3 is 0 Å². The maximum absolute atomic E-state index is 12.5. The highest BCUT2D eigenvalue weighted by Gasteiger charge is 2.35.